The zero-order valence-electron chi connectivity index (χ0n) is 27.5. The number of fused-ring (bicyclic) bond motifs is 1. The number of esters is 1. The van der Waals surface area contributed by atoms with Crippen LogP contribution in [0, 0.1) is 17.8 Å². The van der Waals surface area contributed by atoms with E-state index in [1.807, 2.05) is 65.0 Å². The summed E-state index contributed by atoms with van der Waals surface area (Å²) in [7, 11) is 0. The molecule has 1 aromatic rings. The number of carbonyl (C=O) groups is 4. The highest BCUT2D eigenvalue weighted by Gasteiger charge is 2.78. The number of nitrogens with one attached hydrogen (secondary N) is 1. The van der Waals surface area contributed by atoms with E-state index in [0.29, 0.717) is 18.4 Å². The van der Waals surface area contributed by atoms with Crippen molar-refractivity contribution in [3.63, 3.8) is 0 Å². The molecule has 46 heavy (non-hydrogen) atoms. The van der Waals surface area contributed by atoms with E-state index >= 15 is 0 Å². The molecule has 10 nitrogen and oxygen atoms in total. The van der Waals surface area contributed by atoms with Gasteiger partial charge in [-0.3, -0.25) is 19.2 Å². The average molecular weight is 703 g/mol. The van der Waals surface area contributed by atoms with Gasteiger partial charge in [-0.1, -0.05) is 72.3 Å². The van der Waals surface area contributed by atoms with Gasteiger partial charge in [-0.15, -0.1) is 13.2 Å². The molecular weight excluding hydrogens is 654 g/mol. The third-order valence-corrected chi connectivity index (χ3v) is 10.3. The first kappa shape index (κ1) is 35.8. The number of ether oxygens (including phenoxy) is 2. The van der Waals surface area contributed by atoms with E-state index in [1.165, 1.54) is 4.90 Å². The Kier molecular flexibility index (Phi) is 11.2. The normalized spacial score (nSPS) is 28.0. The Bertz CT molecular complexity index is 1310. The van der Waals surface area contributed by atoms with Crippen LogP contribution in [0.4, 0.5) is 0 Å². The zero-order valence-corrected chi connectivity index (χ0v) is 29.1. The van der Waals surface area contributed by atoms with Gasteiger partial charge in [-0.2, -0.15) is 0 Å². The van der Waals surface area contributed by atoms with Crippen LogP contribution in [0.3, 0.4) is 0 Å². The first-order chi connectivity index (χ1) is 21.7. The van der Waals surface area contributed by atoms with E-state index < -0.39 is 59.1 Å². The van der Waals surface area contributed by atoms with Gasteiger partial charge in [0.25, 0.3) is 0 Å². The molecule has 1 unspecified atom stereocenters. The Balaban J connectivity index is 1.73. The summed E-state index contributed by atoms with van der Waals surface area (Å²) in [4.78, 5) is 58.7. The fourth-order valence-corrected chi connectivity index (χ4v) is 8.15. The summed E-state index contributed by atoms with van der Waals surface area (Å²) in [5.41, 5.74) is -1.24. The molecule has 3 heterocycles. The monoisotopic (exact) mass is 701 g/mol. The van der Waals surface area contributed by atoms with Crippen molar-refractivity contribution in [2.75, 3.05) is 19.7 Å². The summed E-state index contributed by atoms with van der Waals surface area (Å²) < 4.78 is 12.8. The predicted molar refractivity (Wildman–Crippen MR) is 178 cm³/mol. The van der Waals surface area contributed by atoms with Gasteiger partial charge in [0.15, 0.2) is 0 Å². The molecule has 2 N–H and O–H groups in total. The topological polar surface area (TPSA) is 125 Å². The molecule has 252 valence electrons. The van der Waals surface area contributed by atoms with Gasteiger partial charge in [0.2, 0.25) is 17.7 Å². The van der Waals surface area contributed by atoms with Crippen LogP contribution in [0.1, 0.15) is 65.5 Å². The number of nitrogens with zero attached hydrogens (tertiary/aromatic N) is 2. The van der Waals surface area contributed by atoms with Gasteiger partial charge in [-0.05, 0) is 45.1 Å². The van der Waals surface area contributed by atoms with Crippen molar-refractivity contribution in [1.29, 1.82) is 0 Å². The maximum Gasteiger partial charge on any atom is 0.313 e. The lowest BCUT2D eigenvalue weighted by Crippen LogP contribution is -2.62. The van der Waals surface area contributed by atoms with Gasteiger partial charge in [0, 0.05) is 23.3 Å². The minimum atomic E-state index is -1.31. The second kappa shape index (κ2) is 14.4. The smallest absolute Gasteiger partial charge is 0.313 e. The SMILES string of the molecule is C=CCCC(=O)NC[C@H](OC(=O)[C@H]1[C@@H]2O[C@@]3(CC2Br)[C@@H]1C(=O)N([C@@H](CO)C(C)C)[C@@H]3C(=O)N(CC=C)C(C)(C)C)c1ccccc1. The number of aliphatic hydroxyl groups is 1. The molecule has 0 aliphatic carbocycles. The molecule has 3 amide bonds. The Morgan fingerprint density at radius 1 is 1.22 bits per heavy atom. The molecule has 1 aromatic carbocycles. The molecule has 11 heteroatoms. The van der Waals surface area contributed by atoms with E-state index in [4.69, 9.17) is 9.47 Å². The number of benzene rings is 1. The van der Waals surface area contributed by atoms with E-state index in [-0.39, 0.29) is 48.7 Å². The van der Waals surface area contributed by atoms with Crippen molar-refractivity contribution >= 4 is 39.6 Å². The van der Waals surface area contributed by atoms with Crippen LogP contribution >= 0.6 is 15.9 Å². The van der Waals surface area contributed by atoms with Gasteiger partial charge in [-0.25, -0.2) is 0 Å². The number of allylic oxidation sites excluding steroid dienone is 1. The molecule has 8 atom stereocenters. The van der Waals surface area contributed by atoms with Crippen LogP contribution in [-0.4, -0.2) is 92.4 Å². The third-order valence-electron chi connectivity index (χ3n) is 9.42. The van der Waals surface area contributed by atoms with Gasteiger partial charge in [0.05, 0.1) is 37.1 Å². The first-order valence-corrected chi connectivity index (χ1v) is 16.9. The van der Waals surface area contributed by atoms with Crippen molar-refractivity contribution in [3.8, 4) is 0 Å². The lowest BCUT2D eigenvalue weighted by molar-refractivity contribution is -0.161. The number of carbonyl (C=O) groups excluding carboxylic acids is 4. The maximum absolute atomic E-state index is 14.6. The van der Waals surface area contributed by atoms with Crippen molar-refractivity contribution in [2.45, 2.75) is 94.1 Å². The maximum atomic E-state index is 14.6. The highest BCUT2D eigenvalue weighted by Crippen LogP contribution is 2.61. The van der Waals surface area contributed by atoms with Crippen molar-refractivity contribution in [3.05, 3.63) is 61.2 Å². The molecular formula is C35H48BrN3O7. The number of hydrogen-bond acceptors (Lipinski definition) is 7. The van der Waals surface area contributed by atoms with E-state index in [9.17, 15) is 24.3 Å². The summed E-state index contributed by atoms with van der Waals surface area (Å²) in [6.45, 7) is 16.9. The summed E-state index contributed by atoms with van der Waals surface area (Å²) in [5, 5.41) is 13.4. The highest BCUT2D eigenvalue weighted by atomic mass is 79.9. The summed E-state index contributed by atoms with van der Waals surface area (Å²) in [6.07, 6.45) is 2.87. The molecule has 0 saturated carbocycles. The molecule has 3 aliphatic heterocycles. The van der Waals surface area contributed by atoms with Crippen LogP contribution in [0.2, 0.25) is 0 Å². The highest BCUT2D eigenvalue weighted by molar-refractivity contribution is 9.09. The Hall–Kier alpha value is -3.02. The zero-order chi connectivity index (χ0) is 34.0. The lowest BCUT2D eigenvalue weighted by Gasteiger charge is -2.44. The van der Waals surface area contributed by atoms with Gasteiger partial charge >= 0.3 is 5.97 Å². The number of likely N-dealkylation sites (tertiary alicyclic amines) is 1. The molecule has 4 rings (SSSR count). The molecule has 3 aliphatic rings. The number of alkyl halides is 1. The summed E-state index contributed by atoms with van der Waals surface area (Å²) in [5.74, 6) is -3.75. The van der Waals surface area contributed by atoms with Crippen LogP contribution < -0.4 is 5.32 Å². The number of halogens is 1. The Labute approximate surface area is 280 Å². The van der Waals surface area contributed by atoms with Crippen LogP contribution in [0.15, 0.2) is 55.6 Å². The van der Waals surface area contributed by atoms with Gasteiger partial charge in [0.1, 0.15) is 17.7 Å². The fraction of sp³-hybridized carbons (Fsp3) is 0.600. The number of hydrogen-bond donors (Lipinski definition) is 2. The standard InChI is InChI=1S/C35H48BrN3O7/c1-8-10-16-26(41)37-19-25(22-14-12-11-13-15-22)45-33(44)27-28-31(42)39(24(20-40)21(3)4)30(35(28)18-23(36)29(27)46-35)32(43)38(17-9-2)34(5,6)7/h8-9,11-15,21,23-25,27-30,40H,1-2,10,16-20H2,3-7H3,(H,37,41)/t23?,24-,25-,27+,28-,29+,30+,35-/m0/s1. The third kappa shape index (κ3) is 6.69. The second-order valence-electron chi connectivity index (χ2n) is 13.8. The fourth-order valence-electron chi connectivity index (χ4n) is 7.21. The minimum absolute atomic E-state index is 0.0424. The Morgan fingerprint density at radius 2 is 1.89 bits per heavy atom. The molecule has 3 fully saturated rings. The van der Waals surface area contributed by atoms with Crippen molar-refractivity contribution in [2.24, 2.45) is 17.8 Å². The van der Waals surface area contributed by atoms with Crippen molar-refractivity contribution in [1.82, 2.24) is 15.1 Å². The number of rotatable bonds is 14. The van der Waals surface area contributed by atoms with E-state index in [0.717, 1.165) is 0 Å². The predicted octanol–water partition coefficient (Wildman–Crippen LogP) is 3.93. The summed E-state index contributed by atoms with van der Waals surface area (Å²) >= 11 is 3.71. The van der Waals surface area contributed by atoms with Crippen LogP contribution in [-0.2, 0) is 28.7 Å². The number of amides is 3. The van der Waals surface area contributed by atoms with Crippen LogP contribution in [0.5, 0.6) is 0 Å². The largest absolute Gasteiger partial charge is 0.455 e. The summed E-state index contributed by atoms with van der Waals surface area (Å²) in [6, 6.07) is 7.36. The number of aliphatic hydroxyl groups excluding tert-OH is 1. The molecule has 0 radical (unpaired) electrons. The molecule has 1 spiro atoms. The first-order valence-electron chi connectivity index (χ1n) is 16.0. The van der Waals surface area contributed by atoms with E-state index in [2.05, 4.69) is 34.4 Å². The minimum Gasteiger partial charge on any atom is -0.455 e. The second-order valence-corrected chi connectivity index (χ2v) is 15.0. The molecule has 0 aromatic heterocycles. The quantitative estimate of drug-likeness (QED) is 0.171. The molecule has 2 bridgehead atoms. The Morgan fingerprint density at radius 3 is 2.46 bits per heavy atom. The van der Waals surface area contributed by atoms with Crippen LogP contribution in [0.25, 0.3) is 0 Å². The molecule has 3 saturated heterocycles. The van der Waals surface area contributed by atoms with E-state index in [1.54, 1.807) is 17.1 Å². The average Bonchev–Trinajstić information content (AvgIpc) is 3.60. The van der Waals surface area contributed by atoms with Crippen molar-refractivity contribution < 1.29 is 33.8 Å². The van der Waals surface area contributed by atoms with Gasteiger partial charge < -0.3 is 29.7 Å². The lowest BCUT2D eigenvalue weighted by atomic mass is 9.70.